The summed E-state index contributed by atoms with van der Waals surface area (Å²) in [5.74, 6) is -1.35. The Bertz CT molecular complexity index is 1150. The predicted molar refractivity (Wildman–Crippen MR) is 108 cm³/mol. The van der Waals surface area contributed by atoms with Crippen LogP contribution in [-0.2, 0) is 17.9 Å². The molecule has 8 nitrogen and oxygen atoms in total. The number of carbonyl (C=O) groups excluding carboxylic acids is 2. The highest BCUT2D eigenvalue weighted by atomic mass is 35.5. The van der Waals surface area contributed by atoms with Crippen LogP contribution >= 0.6 is 11.6 Å². The molecule has 0 fully saturated rings. The minimum atomic E-state index is -0.734. The van der Waals surface area contributed by atoms with Crippen molar-refractivity contribution in [1.82, 2.24) is 20.0 Å². The van der Waals surface area contributed by atoms with Gasteiger partial charge in [-0.15, -0.1) is 0 Å². The van der Waals surface area contributed by atoms with E-state index in [9.17, 15) is 19.2 Å². The summed E-state index contributed by atoms with van der Waals surface area (Å²) < 4.78 is 2.12. The fourth-order valence-electron chi connectivity index (χ4n) is 2.63. The topological polar surface area (TPSA) is 102 Å². The van der Waals surface area contributed by atoms with Crippen molar-refractivity contribution in [2.24, 2.45) is 0 Å². The van der Waals surface area contributed by atoms with Gasteiger partial charge in [0.05, 0.1) is 17.1 Å². The lowest BCUT2D eigenvalue weighted by Crippen LogP contribution is -2.47. The number of hydrazine groups is 1. The summed E-state index contributed by atoms with van der Waals surface area (Å²) in [6.45, 7) is -0.291. The molecule has 3 rings (SSSR count). The first-order chi connectivity index (χ1) is 14.0. The maximum Gasteiger partial charge on any atom is 0.331 e. The van der Waals surface area contributed by atoms with Gasteiger partial charge in [0.25, 0.3) is 17.4 Å². The summed E-state index contributed by atoms with van der Waals surface area (Å²) in [5, 5.41) is 0.224. The summed E-state index contributed by atoms with van der Waals surface area (Å²) in [4.78, 5) is 48.8. The number of hydrogen-bond donors (Lipinski definition) is 2. The van der Waals surface area contributed by atoms with Crippen LogP contribution in [0.25, 0.3) is 0 Å². The predicted octanol–water partition coefficient (Wildman–Crippen LogP) is 1.17. The number of halogens is 1. The third kappa shape index (κ3) is 4.99. The van der Waals surface area contributed by atoms with Gasteiger partial charge >= 0.3 is 5.69 Å². The Hall–Kier alpha value is -3.65. The molecule has 1 heterocycles. The Morgan fingerprint density at radius 1 is 0.897 bits per heavy atom. The SMILES string of the molecule is O=C(Cn1c(=O)ccn(Cc2ccccc2)c1=O)NNC(=O)c1ccccc1Cl. The quantitative estimate of drug-likeness (QED) is 0.614. The summed E-state index contributed by atoms with van der Waals surface area (Å²) in [5.41, 5.74) is 4.18. The van der Waals surface area contributed by atoms with E-state index in [1.807, 2.05) is 30.3 Å². The van der Waals surface area contributed by atoms with E-state index in [2.05, 4.69) is 10.9 Å². The highest BCUT2D eigenvalue weighted by molar-refractivity contribution is 6.33. The smallest absolute Gasteiger partial charge is 0.296 e. The van der Waals surface area contributed by atoms with Gasteiger partial charge < -0.3 is 0 Å². The molecule has 1 aromatic heterocycles. The van der Waals surface area contributed by atoms with Gasteiger partial charge in [-0.1, -0.05) is 54.1 Å². The Kier molecular flexibility index (Phi) is 6.25. The lowest BCUT2D eigenvalue weighted by Gasteiger charge is -2.11. The van der Waals surface area contributed by atoms with Crippen LogP contribution < -0.4 is 22.1 Å². The molecule has 148 valence electrons. The van der Waals surface area contributed by atoms with Crippen molar-refractivity contribution in [1.29, 1.82) is 0 Å². The standard InChI is InChI=1S/C20H17ClN4O4/c21-16-9-5-4-8-15(16)19(28)23-22-17(26)13-25-18(27)10-11-24(20(25)29)12-14-6-2-1-3-7-14/h1-11H,12-13H2,(H,22,26)(H,23,28). The van der Waals surface area contributed by atoms with Crippen LogP contribution in [0.4, 0.5) is 0 Å². The zero-order valence-electron chi connectivity index (χ0n) is 15.2. The van der Waals surface area contributed by atoms with Crippen LogP contribution in [0.5, 0.6) is 0 Å². The van der Waals surface area contributed by atoms with Crippen molar-refractivity contribution in [3.8, 4) is 0 Å². The minimum absolute atomic E-state index is 0.177. The lowest BCUT2D eigenvalue weighted by atomic mass is 10.2. The first-order valence-electron chi connectivity index (χ1n) is 8.63. The van der Waals surface area contributed by atoms with Gasteiger partial charge in [-0.3, -0.25) is 34.4 Å². The largest absolute Gasteiger partial charge is 0.331 e. The monoisotopic (exact) mass is 412 g/mol. The van der Waals surface area contributed by atoms with Crippen LogP contribution in [0.15, 0.2) is 76.4 Å². The average molecular weight is 413 g/mol. The lowest BCUT2D eigenvalue weighted by molar-refractivity contribution is -0.122. The van der Waals surface area contributed by atoms with E-state index in [0.717, 1.165) is 10.1 Å². The van der Waals surface area contributed by atoms with E-state index < -0.39 is 29.6 Å². The zero-order valence-corrected chi connectivity index (χ0v) is 15.9. The van der Waals surface area contributed by atoms with Crippen molar-refractivity contribution >= 4 is 23.4 Å². The van der Waals surface area contributed by atoms with Gasteiger partial charge in [-0.25, -0.2) is 4.79 Å². The van der Waals surface area contributed by atoms with Crippen LogP contribution in [-0.4, -0.2) is 20.9 Å². The molecular weight excluding hydrogens is 396 g/mol. The van der Waals surface area contributed by atoms with Crippen molar-refractivity contribution in [2.75, 3.05) is 0 Å². The highest BCUT2D eigenvalue weighted by Gasteiger charge is 2.13. The molecule has 2 aromatic carbocycles. The number of rotatable bonds is 5. The number of benzene rings is 2. The second kappa shape index (κ2) is 9.03. The third-order valence-corrected chi connectivity index (χ3v) is 4.40. The molecule has 9 heteroatoms. The van der Waals surface area contributed by atoms with E-state index >= 15 is 0 Å². The molecule has 0 bridgehead atoms. The number of carbonyl (C=O) groups is 2. The van der Waals surface area contributed by atoms with Gasteiger partial charge in [0.2, 0.25) is 0 Å². The Morgan fingerprint density at radius 2 is 1.59 bits per heavy atom. The molecule has 0 aliphatic rings. The number of hydrogen-bond acceptors (Lipinski definition) is 4. The number of aromatic nitrogens is 2. The van der Waals surface area contributed by atoms with Crippen LogP contribution in [0.2, 0.25) is 5.02 Å². The molecule has 0 spiro atoms. The van der Waals surface area contributed by atoms with Gasteiger partial charge in [-0.2, -0.15) is 0 Å². The van der Waals surface area contributed by atoms with Crippen molar-refractivity contribution < 1.29 is 9.59 Å². The van der Waals surface area contributed by atoms with E-state index in [1.54, 1.807) is 12.1 Å². The number of nitrogens with one attached hydrogen (secondary N) is 2. The molecule has 0 saturated carbocycles. The maximum atomic E-state index is 12.6. The van der Waals surface area contributed by atoms with Crippen molar-refractivity contribution in [3.05, 3.63) is 104 Å². The van der Waals surface area contributed by atoms with E-state index in [1.165, 1.54) is 29.0 Å². The normalized spacial score (nSPS) is 10.4. The number of amides is 2. The van der Waals surface area contributed by atoms with Gasteiger partial charge in [0, 0.05) is 12.3 Å². The summed E-state index contributed by atoms with van der Waals surface area (Å²) >= 11 is 5.93. The minimum Gasteiger partial charge on any atom is -0.296 e. The Labute approximate surface area is 170 Å². The fraction of sp³-hybridized carbons (Fsp3) is 0.100. The Morgan fingerprint density at radius 3 is 2.31 bits per heavy atom. The van der Waals surface area contributed by atoms with Gasteiger partial charge in [0.15, 0.2) is 0 Å². The molecule has 29 heavy (non-hydrogen) atoms. The summed E-state index contributed by atoms with van der Waals surface area (Å²) in [6, 6.07) is 16.8. The van der Waals surface area contributed by atoms with Crippen LogP contribution in [0.1, 0.15) is 15.9 Å². The zero-order chi connectivity index (χ0) is 20.8. The van der Waals surface area contributed by atoms with E-state index in [-0.39, 0.29) is 17.1 Å². The van der Waals surface area contributed by atoms with Gasteiger partial charge in [-0.05, 0) is 17.7 Å². The molecule has 0 aliphatic carbocycles. The first-order valence-corrected chi connectivity index (χ1v) is 9.01. The molecule has 0 saturated heterocycles. The molecule has 3 aromatic rings. The number of nitrogens with zero attached hydrogens (tertiary/aromatic N) is 2. The van der Waals surface area contributed by atoms with E-state index in [0.29, 0.717) is 0 Å². The molecule has 0 radical (unpaired) electrons. The van der Waals surface area contributed by atoms with Crippen LogP contribution in [0, 0.1) is 0 Å². The first kappa shape index (κ1) is 20.1. The van der Waals surface area contributed by atoms with Gasteiger partial charge in [0.1, 0.15) is 6.54 Å². The Balaban J connectivity index is 1.69. The fourth-order valence-corrected chi connectivity index (χ4v) is 2.85. The van der Waals surface area contributed by atoms with Crippen molar-refractivity contribution in [2.45, 2.75) is 13.1 Å². The molecule has 2 N–H and O–H groups in total. The van der Waals surface area contributed by atoms with Crippen LogP contribution in [0.3, 0.4) is 0 Å². The van der Waals surface area contributed by atoms with E-state index in [4.69, 9.17) is 11.6 Å². The second-order valence-corrected chi connectivity index (χ2v) is 6.53. The third-order valence-electron chi connectivity index (χ3n) is 4.07. The second-order valence-electron chi connectivity index (χ2n) is 6.12. The molecule has 0 atom stereocenters. The summed E-state index contributed by atoms with van der Waals surface area (Å²) in [6.07, 6.45) is 1.38. The average Bonchev–Trinajstić information content (AvgIpc) is 2.72. The summed E-state index contributed by atoms with van der Waals surface area (Å²) in [7, 11) is 0. The molecule has 0 aliphatic heterocycles. The molecular formula is C20H17ClN4O4. The highest BCUT2D eigenvalue weighted by Crippen LogP contribution is 2.14. The maximum absolute atomic E-state index is 12.6. The molecule has 0 unspecified atom stereocenters. The molecule has 2 amide bonds. The van der Waals surface area contributed by atoms with Crippen molar-refractivity contribution in [3.63, 3.8) is 0 Å².